The molecule has 0 radical (unpaired) electrons. The van der Waals surface area contributed by atoms with E-state index in [4.69, 9.17) is 4.74 Å². The number of nitrogens with zero attached hydrogens (tertiary/aromatic N) is 1. The van der Waals surface area contributed by atoms with Crippen molar-refractivity contribution in [2.24, 2.45) is 11.8 Å². The Morgan fingerprint density at radius 1 is 1.35 bits per heavy atom. The summed E-state index contributed by atoms with van der Waals surface area (Å²) in [5, 5.41) is 2.86. The number of hydrogen-bond donors (Lipinski definition) is 1. The van der Waals surface area contributed by atoms with Gasteiger partial charge in [0.1, 0.15) is 5.92 Å². The van der Waals surface area contributed by atoms with E-state index in [1.54, 1.807) is 0 Å². The van der Waals surface area contributed by atoms with Gasteiger partial charge in [-0.3, -0.25) is 4.79 Å². The number of thiophene rings is 1. The van der Waals surface area contributed by atoms with Crippen LogP contribution < -0.4 is 5.32 Å². The zero-order valence-electron chi connectivity index (χ0n) is 18.6. The van der Waals surface area contributed by atoms with E-state index in [0.29, 0.717) is 18.4 Å². The second kappa shape index (κ2) is 8.07. The van der Waals surface area contributed by atoms with Crippen molar-refractivity contribution in [1.82, 2.24) is 10.2 Å². The topological polar surface area (TPSA) is 41.6 Å². The van der Waals surface area contributed by atoms with Crippen molar-refractivity contribution in [3.05, 3.63) is 21.4 Å². The number of nitrogens with one attached hydrogen (secondary N) is 1. The average Bonchev–Trinajstić information content (AvgIpc) is 3.12. The molecule has 1 spiro atoms. The number of likely N-dealkylation sites (tertiary alicyclic amines) is 1. The summed E-state index contributed by atoms with van der Waals surface area (Å²) in [5.41, 5.74) is 1.34. The molecule has 31 heavy (non-hydrogen) atoms. The third kappa shape index (κ3) is 3.95. The number of alkyl halides is 2. The Kier molecular flexibility index (Phi) is 5.67. The zero-order chi connectivity index (χ0) is 21.8. The molecule has 0 aromatic carbocycles. The minimum Gasteiger partial charge on any atom is -0.370 e. The molecule has 2 aliphatic heterocycles. The van der Waals surface area contributed by atoms with Crippen LogP contribution in [0.5, 0.6) is 0 Å². The van der Waals surface area contributed by atoms with Crippen molar-refractivity contribution in [3.63, 3.8) is 0 Å². The number of aryl methyl sites for hydroxylation is 1. The molecule has 2 saturated carbocycles. The third-order valence-corrected chi connectivity index (χ3v) is 9.46. The lowest BCUT2D eigenvalue weighted by atomic mass is 9.75. The van der Waals surface area contributed by atoms with Crippen LogP contribution in [0.3, 0.4) is 0 Å². The van der Waals surface area contributed by atoms with Crippen LogP contribution in [0.4, 0.5) is 8.78 Å². The minimum absolute atomic E-state index is 0.0721. The highest BCUT2D eigenvalue weighted by Crippen LogP contribution is 2.47. The summed E-state index contributed by atoms with van der Waals surface area (Å²) in [5.74, 6) is -3.80. The van der Waals surface area contributed by atoms with Crippen LogP contribution in [0, 0.1) is 11.8 Å². The largest absolute Gasteiger partial charge is 0.370 e. The van der Waals surface area contributed by atoms with E-state index in [2.05, 4.69) is 30.1 Å². The van der Waals surface area contributed by atoms with Crippen molar-refractivity contribution < 1.29 is 18.3 Å². The average molecular weight is 453 g/mol. The lowest BCUT2D eigenvalue weighted by Crippen LogP contribution is -2.56. The molecule has 4 nitrogen and oxygen atoms in total. The minimum atomic E-state index is -2.80. The van der Waals surface area contributed by atoms with E-state index in [-0.39, 0.29) is 18.1 Å². The van der Waals surface area contributed by atoms with E-state index < -0.39 is 17.7 Å². The first-order chi connectivity index (χ1) is 14.8. The number of carbonyl (C=O) groups is 1. The van der Waals surface area contributed by atoms with Gasteiger partial charge in [0, 0.05) is 47.8 Å². The first-order valence-electron chi connectivity index (χ1n) is 12.0. The molecule has 3 fully saturated rings. The fourth-order valence-electron chi connectivity index (χ4n) is 6.01. The van der Waals surface area contributed by atoms with E-state index in [9.17, 15) is 13.6 Å². The highest BCUT2D eigenvalue weighted by Gasteiger charge is 2.53. The first-order valence-corrected chi connectivity index (χ1v) is 12.8. The molecule has 3 heterocycles. The number of rotatable bonds is 5. The second-order valence-corrected chi connectivity index (χ2v) is 11.4. The summed E-state index contributed by atoms with van der Waals surface area (Å²) in [4.78, 5) is 17.6. The van der Waals surface area contributed by atoms with Gasteiger partial charge in [-0.2, -0.15) is 0 Å². The molecule has 1 saturated heterocycles. The van der Waals surface area contributed by atoms with E-state index >= 15 is 0 Å². The number of carbonyl (C=O) groups excluding carboxylic acids is 1. The Morgan fingerprint density at radius 2 is 2.16 bits per heavy atom. The molecule has 1 aromatic heterocycles. The molecule has 1 unspecified atom stereocenters. The van der Waals surface area contributed by atoms with Gasteiger partial charge in [0.2, 0.25) is 5.91 Å². The highest BCUT2D eigenvalue weighted by molar-refractivity contribution is 7.12. The van der Waals surface area contributed by atoms with Gasteiger partial charge in [0.15, 0.2) is 0 Å². The number of halogens is 2. The fraction of sp³-hybridized carbons (Fsp3) is 0.792. The van der Waals surface area contributed by atoms with Crippen molar-refractivity contribution >= 4 is 17.2 Å². The predicted octanol–water partition coefficient (Wildman–Crippen LogP) is 4.50. The number of ether oxygens (including phenoxy) is 1. The molecule has 4 aliphatic rings. The summed E-state index contributed by atoms with van der Waals surface area (Å²) in [6.07, 6.45) is 6.18. The lowest BCUT2D eigenvalue weighted by molar-refractivity contribution is -0.163. The molecular weight excluding hydrogens is 418 g/mol. The standard InChI is InChI=1S/C24H34F2N2O2S/c1-3-18-12-20-21(31-18)5-9-30-23(20)7-8-28(15(2)13-23)14-16-10-17(11-16)27-22(29)19-4-6-24(19,25)26/h12,15-17,19H,3-11,13-14H2,1-2H3,(H,27,29)/t15-,16-,17+,19?,23+/m0/s1. The van der Waals surface area contributed by atoms with Gasteiger partial charge in [-0.1, -0.05) is 6.92 Å². The molecule has 1 amide bonds. The maximum absolute atomic E-state index is 13.4. The third-order valence-electron chi connectivity index (χ3n) is 8.13. The Bertz CT molecular complexity index is 838. The van der Waals surface area contributed by atoms with Gasteiger partial charge in [0.05, 0.1) is 12.2 Å². The van der Waals surface area contributed by atoms with Crippen LogP contribution in [0.1, 0.15) is 67.7 Å². The van der Waals surface area contributed by atoms with Crippen LogP contribution in [-0.4, -0.2) is 48.5 Å². The van der Waals surface area contributed by atoms with Crippen LogP contribution in [-0.2, 0) is 28.0 Å². The number of fused-ring (bicyclic) bond motifs is 2. The Hall–Kier alpha value is -1.05. The van der Waals surface area contributed by atoms with Gasteiger partial charge < -0.3 is 15.0 Å². The predicted molar refractivity (Wildman–Crippen MR) is 118 cm³/mol. The maximum Gasteiger partial charge on any atom is 0.259 e. The molecular formula is C24H34F2N2O2S. The smallest absolute Gasteiger partial charge is 0.259 e. The Labute approximate surface area is 187 Å². The summed E-state index contributed by atoms with van der Waals surface area (Å²) in [6, 6.07) is 2.92. The van der Waals surface area contributed by atoms with Crippen LogP contribution >= 0.6 is 11.3 Å². The molecule has 1 aromatic rings. The Balaban J connectivity index is 1.12. The number of piperidine rings is 1. The first kappa shape index (κ1) is 21.8. The fourth-order valence-corrected chi connectivity index (χ4v) is 7.19. The zero-order valence-corrected chi connectivity index (χ0v) is 19.4. The molecule has 2 aliphatic carbocycles. The van der Waals surface area contributed by atoms with Gasteiger partial charge in [-0.15, -0.1) is 11.3 Å². The van der Waals surface area contributed by atoms with Gasteiger partial charge in [-0.05, 0) is 63.0 Å². The molecule has 0 bridgehead atoms. The lowest BCUT2D eigenvalue weighted by Gasteiger charge is -2.49. The number of amides is 1. The monoisotopic (exact) mass is 452 g/mol. The summed E-state index contributed by atoms with van der Waals surface area (Å²) < 4.78 is 33.3. The van der Waals surface area contributed by atoms with Crippen molar-refractivity contribution in [2.75, 3.05) is 19.7 Å². The van der Waals surface area contributed by atoms with Gasteiger partial charge in [0.25, 0.3) is 5.92 Å². The van der Waals surface area contributed by atoms with Gasteiger partial charge >= 0.3 is 0 Å². The maximum atomic E-state index is 13.4. The number of hydrogen-bond acceptors (Lipinski definition) is 4. The van der Waals surface area contributed by atoms with Crippen molar-refractivity contribution in [1.29, 1.82) is 0 Å². The van der Waals surface area contributed by atoms with Gasteiger partial charge in [-0.25, -0.2) is 8.78 Å². The summed E-state index contributed by atoms with van der Waals surface area (Å²) in [7, 11) is 0. The normalized spacial score (nSPS) is 37.0. The summed E-state index contributed by atoms with van der Waals surface area (Å²) in [6.45, 7) is 7.41. The molecule has 172 valence electrons. The highest BCUT2D eigenvalue weighted by atomic mass is 32.1. The quantitative estimate of drug-likeness (QED) is 0.715. The molecule has 1 N–H and O–H groups in total. The van der Waals surface area contributed by atoms with Crippen molar-refractivity contribution in [3.8, 4) is 0 Å². The van der Waals surface area contributed by atoms with E-state index in [1.807, 2.05) is 11.3 Å². The molecule has 3 atom stereocenters. The van der Waals surface area contributed by atoms with E-state index in [1.165, 1.54) is 15.3 Å². The molecule has 5 rings (SSSR count). The van der Waals surface area contributed by atoms with E-state index in [0.717, 1.165) is 58.2 Å². The van der Waals surface area contributed by atoms with Crippen LogP contribution in [0.15, 0.2) is 6.07 Å². The Morgan fingerprint density at radius 3 is 2.81 bits per heavy atom. The SMILES string of the molecule is CCc1cc2c(s1)CCO[C@@]21CCN(C[C@H]2C[C@@H](NC(=O)C3CCC3(F)F)C2)[C@@H](C)C1. The van der Waals surface area contributed by atoms with Crippen molar-refractivity contribution in [2.45, 2.75) is 88.8 Å². The second-order valence-electron chi connectivity index (χ2n) is 10.2. The van der Waals surface area contributed by atoms with Crippen LogP contribution in [0.25, 0.3) is 0 Å². The summed E-state index contributed by atoms with van der Waals surface area (Å²) >= 11 is 1.97. The van der Waals surface area contributed by atoms with Crippen LogP contribution in [0.2, 0.25) is 0 Å². The molecule has 7 heteroatoms.